The van der Waals surface area contributed by atoms with Gasteiger partial charge in [-0.05, 0) is 43.9 Å². The van der Waals surface area contributed by atoms with Crippen LogP contribution in [0.25, 0.3) is 0 Å². The highest BCUT2D eigenvalue weighted by Crippen LogP contribution is 2.40. The number of amides is 1. The summed E-state index contributed by atoms with van der Waals surface area (Å²) >= 11 is 0. The molecule has 2 N–H and O–H groups in total. The van der Waals surface area contributed by atoms with Gasteiger partial charge in [0.15, 0.2) is 5.96 Å². The lowest BCUT2D eigenvalue weighted by Gasteiger charge is -2.40. The smallest absolute Gasteiger partial charge is 0.243 e. The van der Waals surface area contributed by atoms with Crippen LogP contribution in [-0.2, 0) is 9.53 Å². The highest BCUT2D eigenvalue weighted by Gasteiger charge is 2.32. The van der Waals surface area contributed by atoms with Gasteiger partial charge in [-0.15, -0.1) is 0 Å². The van der Waals surface area contributed by atoms with Crippen LogP contribution in [0.2, 0.25) is 0 Å². The van der Waals surface area contributed by atoms with Gasteiger partial charge in [0.2, 0.25) is 5.91 Å². The Hall–Kier alpha value is -1.30. The Morgan fingerprint density at radius 3 is 2.38 bits per heavy atom. The summed E-state index contributed by atoms with van der Waals surface area (Å²) in [4.78, 5) is 18.2. The van der Waals surface area contributed by atoms with E-state index in [9.17, 15) is 4.79 Å². The molecule has 6 heteroatoms. The molecule has 26 heavy (non-hydrogen) atoms. The maximum Gasteiger partial charge on any atom is 0.243 e. The third kappa shape index (κ3) is 5.60. The van der Waals surface area contributed by atoms with Crippen molar-refractivity contribution in [3.8, 4) is 0 Å². The van der Waals surface area contributed by atoms with E-state index in [-0.39, 0.29) is 12.5 Å². The molecule has 3 fully saturated rings. The van der Waals surface area contributed by atoms with E-state index in [1.807, 2.05) is 0 Å². The first kappa shape index (κ1) is 19.5. The van der Waals surface area contributed by atoms with Gasteiger partial charge in [0.05, 0.1) is 0 Å². The minimum Gasteiger partial charge on any atom is -0.381 e. The minimum absolute atomic E-state index is 0.0362. The summed E-state index contributed by atoms with van der Waals surface area (Å²) in [5, 5.41) is 7.22. The maximum atomic E-state index is 12.0. The average Bonchev–Trinajstić information content (AvgIpc) is 2.66. The minimum atomic E-state index is 0.0362. The van der Waals surface area contributed by atoms with Crippen LogP contribution in [0.4, 0.5) is 0 Å². The van der Waals surface area contributed by atoms with Crippen molar-refractivity contribution >= 4 is 11.9 Å². The first-order chi connectivity index (χ1) is 12.6. The molecule has 0 aromatic heterocycles. The zero-order chi connectivity index (χ0) is 18.4. The van der Waals surface area contributed by atoms with Gasteiger partial charge in [0, 0.05) is 39.4 Å². The van der Waals surface area contributed by atoms with Crippen LogP contribution in [0.5, 0.6) is 0 Å². The number of nitrogens with one attached hydrogen (secondary N) is 2. The number of ether oxygens (including phenoxy) is 1. The maximum absolute atomic E-state index is 12.0. The molecule has 3 unspecified atom stereocenters. The van der Waals surface area contributed by atoms with E-state index in [0.717, 1.165) is 43.9 Å². The Kier molecular flexibility index (Phi) is 7.17. The molecule has 0 aromatic rings. The molecule has 3 rings (SSSR count). The fourth-order valence-electron chi connectivity index (χ4n) is 4.65. The fraction of sp³-hybridized carbons (Fsp3) is 0.900. The van der Waals surface area contributed by atoms with Crippen LogP contribution in [0.1, 0.15) is 57.8 Å². The largest absolute Gasteiger partial charge is 0.381 e. The molecule has 0 spiro atoms. The molecular weight excluding hydrogens is 328 g/mol. The SMILES string of the molecule is CN(C)C(=O)CN=C(NC1CCOCC1)NC1CCC2CCCCC2C1. The van der Waals surface area contributed by atoms with E-state index >= 15 is 0 Å². The van der Waals surface area contributed by atoms with Crippen molar-refractivity contribution in [2.75, 3.05) is 33.9 Å². The van der Waals surface area contributed by atoms with Crippen LogP contribution in [0.3, 0.4) is 0 Å². The Balaban J connectivity index is 1.58. The third-order valence-corrected chi connectivity index (χ3v) is 6.31. The van der Waals surface area contributed by atoms with Crippen molar-refractivity contribution in [1.29, 1.82) is 0 Å². The van der Waals surface area contributed by atoms with Gasteiger partial charge >= 0.3 is 0 Å². The van der Waals surface area contributed by atoms with Gasteiger partial charge in [-0.3, -0.25) is 4.79 Å². The van der Waals surface area contributed by atoms with Gasteiger partial charge in [-0.1, -0.05) is 25.7 Å². The summed E-state index contributed by atoms with van der Waals surface area (Å²) in [7, 11) is 3.56. The van der Waals surface area contributed by atoms with E-state index in [2.05, 4.69) is 15.6 Å². The number of guanidine groups is 1. The molecule has 0 bridgehead atoms. The molecule has 2 aliphatic carbocycles. The number of hydrogen-bond donors (Lipinski definition) is 2. The van der Waals surface area contributed by atoms with Crippen molar-refractivity contribution in [2.45, 2.75) is 69.9 Å². The van der Waals surface area contributed by atoms with Crippen LogP contribution in [0, 0.1) is 11.8 Å². The van der Waals surface area contributed by atoms with Crippen LogP contribution in [0.15, 0.2) is 4.99 Å². The summed E-state index contributed by atoms with van der Waals surface area (Å²) in [5.41, 5.74) is 0. The average molecular weight is 365 g/mol. The highest BCUT2D eigenvalue weighted by molar-refractivity contribution is 5.85. The van der Waals surface area contributed by atoms with Crippen molar-refractivity contribution in [3.63, 3.8) is 0 Å². The van der Waals surface area contributed by atoms with E-state index in [0.29, 0.717) is 12.1 Å². The quantitative estimate of drug-likeness (QED) is 0.593. The number of aliphatic imine (C=N–C) groups is 1. The number of carbonyl (C=O) groups is 1. The Morgan fingerprint density at radius 2 is 1.65 bits per heavy atom. The lowest BCUT2D eigenvalue weighted by Crippen LogP contribution is -2.51. The van der Waals surface area contributed by atoms with Crippen LogP contribution < -0.4 is 10.6 Å². The molecule has 1 heterocycles. The standard InChI is InChI=1S/C20H36N4O2/c1-24(2)19(25)14-21-20(22-17-9-11-26-12-10-17)23-18-8-7-15-5-3-4-6-16(15)13-18/h15-18H,3-14H2,1-2H3,(H2,21,22,23). The molecule has 2 saturated carbocycles. The zero-order valence-corrected chi connectivity index (χ0v) is 16.5. The second-order valence-electron chi connectivity index (χ2n) is 8.44. The summed E-state index contributed by atoms with van der Waals surface area (Å²) in [6, 6.07) is 0.866. The van der Waals surface area contributed by atoms with Crippen molar-refractivity contribution in [1.82, 2.24) is 15.5 Å². The van der Waals surface area contributed by atoms with Gasteiger partial charge in [-0.25, -0.2) is 4.99 Å². The molecule has 0 aromatic carbocycles. The number of rotatable bonds is 4. The number of fused-ring (bicyclic) bond motifs is 1. The van der Waals surface area contributed by atoms with Gasteiger partial charge in [0.1, 0.15) is 6.54 Å². The van der Waals surface area contributed by atoms with E-state index in [1.54, 1.807) is 19.0 Å². The molecule has 6 nitrogen and oxygen atoms in total. The number of carbonyl (C=O) groups excluding carboxylic acids is 1. The molecule has 1 amide bonds. The zero-order valence-electron chi connectivity index (χ0n) is 16.5. The van der Waals surface area contributed by atoms with Crippen LogP contribution >= 0.6 is 0 Å². The molecule has 3 atom stereocenters. The van der Waals surface area contributed by atoms with Gasteiger partial charge < -0.3 is 20.3 Å². The number of likely N-dealkylation sites (N-methyl/N-ethyl adjacent to an activating group) is 1. The molecule has 1 saturated heterocycles. The monoisotopic (exact) mass is 364 g/mol. The van der Waals surface area contributed by atoms with E-state index in [1.165, 1.54) is 44.9 Å². The second kappa shape index (κ2) is 9.58. The number of nitrogens with zero attached hydrogens (tertiary/aromatic N) is 2. The Labute approximate surface area is 158 Å². The Bertz CT molecular complexity index is 488. The molecule has 0 radical (unpaired) electrons. The summed E-state index contributed by atoms with van der Waals surface area (Å²) in [5.74, 6) is 2.67. The molecular formula is C20H36N4O2. The summed E-state index contributed by atoms with van der Waals surface area (Å²) < 4.78 is 5.46. The second-order valence-corrected chi connectivity index (χ2v) is 8.44. The predicted molar refractivity (Wildman–Crippen MR) is 104 cm³/mol. The molecule has 3 aliphatic rings. The summed E-state index contributed by atoms with van der Waals surface area (Å²) in [6.07, 6.45) is 11.4. The lowest BCUT2D eigenvalue weighted by molar-refractivity contribution is -0.127. The van der Waals surface area contributed by atoms with E-state index < -0.39 is 0 Å². The van der Waals surface area contributed by atoms with E-state index in [4.69, 9.17) is 4.74 Å². The van der Waals surface area contributed by atoms with Crippen molar-refractivity contribution < 1.29 is 9.53 Å². The molecule has 148 valence electrons. The number of hydrogen-bond acceptors (Lipinski definition) is 3. The van der Waals surface area contributed by atoms with Gasteiger partial charge in [0.25, 0.3) is 0 Å². The topological polar surface area (TPSA) is 66.0 Å². The first-order valence-electron chi connectivity index (χ1n) is 10.5. The first-order valence-corrected chi connectivity index (χ1v) is 10.5. The Morgan fingerprint density at radius 1 is 0.962 bits per heavy atom. The van der Waals surface area contributed by atoms with Crippen molar-refractivity contribution in [3.05, 3.63) is 0 Å². The van der Waals surface area contributed by atoms with Crippen molar-refractivity contribution in [2.24, 2.45) is 16.8 Å². The molecule has 1 aliphatic heterocycles. The third-order valence-electron chi connectivity index (χ3n) is 6.31. The lowest BCUT2D eigenvalue weighted by atomic mass is 9.69. The fourth-order valence-corrected chi connectivity index (χ4v) is 4.65. The van der Waals surface area contributed by atoms with Gasteiger partial charge in [-0.2, -0.15) is 0 Å². The van der Waals surface area contributed by atoms with Crippen LogP contribution in [-0.4, -0.2) is 62.7 Å². The summed E-state index contributed by atoms with van der Waals surface area (Å²) in [6.45, 7) is 1.80. The highest BCUT2D eigenvalue weighted by atomic mass is 16.5. The predicted octanol–water partition coefficient (Wildman–Crippen LogP) is 2.15. The normalized spacial score (nSPS) is 30.4.